The van der Waals surface area contributed by atoms with E-state index >= 15 is 0 Å². The van der Waals surface area contributed by atoms with E-state index in [2.05, 4.69) is 10.6 Å². The van der Waals surface area contributed by atoms with Crippen molar-refractivity contribution in [2.45, 2.75) is 32.2 Å². The highest BCUT2D eigenvalue weighted by Gasteiger charge is 2.09. The quantitative estimate of drug-likeness (QED) is 0.680. The van der Waals surface area contributed by atoms with Gasteiger partial charge in [-0.2, -0.15) is 0 Å². The van der Waals surface area contributed by atoms with Crippen molar-refractivity contribution >= 4 is 24.2 Å². The summed E-state index contributed by atoms with van der Waals surface area (Å²) in [5, 5.41) is 5.48. The van der Waals surface area contributed by atoms with Crippen LogP contribution in [-0.2, 0) is 9.59 Å². The lowest BCUT2D eigenvalue weighted by molar-refractivity contribution is -0.126. The molecular formula is C15H24ClN3O2. The molecule has 6 heteroatoms. The van der Waals surface area contributed by atoms with Gasteiger partial charge in [0.15, 0.2) is 0 Å². The summed E-state index contributed by atoms with van der Waals surface area (Å²) in [7, 11) is 0. The van der Waals surface area contributed by atoms with Crippen molar-refractivity contribution in [1.82, 2.24) is 10.6 Å². The molecule has 1 unspecified atom stereocenters. The van der Waals surface area contributed by atoms with Crippen LogP contribution in [0.5, 0.6) is 0 Å². The maximum absolute atomic E-state index is 11.6. The zero-order valence-corrected chi connectivity index (χ0v) is 13.1. The SMILES string of the molecule is CCCNC(=O)CCC(=O)NCC(N)c1ccccc1.Cl. The van der Waals surface area contributed by atoms with Gasteiger partial charge in [-0.25, -0.2) is 0 Å². The fourth-order valence-corrected chi connectivity index (χ4v) is 1.71. The molecule has 0 fully saturated rings. The largest absolute Gasteiger partial charge is 0.356 e. The Labute approximate surface area is 132 Å². The van der Waals surface area contributed by atoms with Crippen molar-refractivity contribution in [2.75, 3.05) is 13.1 Å². The van der Waals surface area contributed by atoms with E-state index in [1.807, 2.05) is 37.3 Å². The van der Waals surface area contributed by atoms with Crippen LogP contribution in [0.4, 0.5) is 0 Å². The van der Waals surface area contributed by atoms with Crippen LogP contribution in [0.1, 0.15) is 37.8 Å². The Morgan fingerprint density at radius 1 is 1.10 bits per heavy atom. The molecule has 1 rings (SSSR count). The van der Waals surface area contributed by atoms with Gasteiger partial charge in [0, 0.05) is 32.0 Å². The minimum Gasteiger partial charge on any atom is -0.356 e. The average molecular weight is 314 g/mol. The van der Waals surface area contributed by atoms with Crippen molar-refractivity contribution in [3.63, 3.8) is 0 Å². The fraction of sp³-hybridized carbons (Fsp3) is 0.467. The van der Waals surface area contributed by atoms with Gasteiger partial charge < -0.3 is 16.4 Å². The van der Waals surface area contributed by atoms with Crippen molar-refractivity contribution in [1.29, 1.82) is 0 Å². The number of nitrogens with one attached hydrogen (secondary N) is 2. The van der Waals surface area contributed by atoms with Crippen LogP contribution >= 0.6 is 12.4 Å². The van der Waals surface area contributed by atoms with Gasteiger partial charge >= 0.3 is 0 Å². The maximum Gasteiger partial charge on any atom is 0.220 e. The van der Waals surface area contributed by atoms with Gasteiger partial charge in [0.1, 0.15) is 0 Å². The summed E-state index contributed by atoms with van der Waals surface area (Å²) in [6.45, 7) is 3.01. The second-order valence-corrected chi connectivity index (χ2v) is 4.67. The van der Waals surface area contributed by atoms with Crippen LogP contribution in [0.3, 0.4) is 0 Å². The molecule has 0 heterocycles. The summed E-state index contributed by atoms with van der Waals surface area (Å²) in [5.41, 5.74) is 6.95. The number of benzene rings is 1. The van der Waals surface area contributed by atoms with E-state index in [-0.39, 0.29) is 43.1 Å². The van der Waals surface area contributed by atoms with Gasteiger partial charge in [0.2, 0.25) is 11.8 Å². The van der Waals surface area contributed by atoms with Crippen LogP contribution < -0.4 is 16.4 Å². The molecule has 0 saturated carbocycles. The van der Waals surface area contributed by atoms with E-state index in [4.69, 9.17) is 5.73 Å². The minimum absolute atomic E-state index is 0. The lowest BCUT2D eigenvalue weighted by atomic mass is 10.1. The lowest BCUT2D eigenvalue weighted by Crippen LogP contribution is -2.33. The number of hydrogen-bond acceptors (Lipinski definition) is 3. The lowest BCUT2D eigenvalue weighted by Gasteiger charge is -2.13. The average Bonchev–Trinajstić information content (AvgIpc) is 2.49. The second-order valence-electron chi connectivity index (χ2n) is 4.67. The molecule has 0 radical (unpaired) electrons. The molecule has 1 atom stereocenters. The molecule has 5 nitrogen and oxygen atoms in total. The summed E-state index contributed by atoms with van der Waals surface area (Å²) in [6.07, 6.45) is 1.30. The molecule has 1 aromatic carbocycles. The predicted octanol–water partition coefficient (Wildman–Crippen LogP) is 1.53. The summed E-state index contributed by atoms with van der Waals surface area (Å²) in [5.74, 6) is -0.239. The van der Waals surface area contributed by atoms with Gasteiger partial charge in [0.25, 0.3) is 0 Å². The van der Waals surface area contributed by atoms with E-state index in [0.29, 0.717) is 13.1 Å². The Morgan fingerprint density at radius 2 is 1.67 bits per heavy atom. The van der Waals surface area contributed by atoms with Gasteiger partial charge in [0.05, 0.1) is 0 Å². The summed E-state index contributed by atoms with van der Waals surface area (Å²) < 4.78 is 0. The summed E-state index contributed by atoms with van der Waals surface area (Å²) in [6, 6.07) is 9.37. The third kappa shape index (κ3) is 8.32. The van der Waals surface area contributed by atoms with E-state index < -0.39 is 0 Å². The van der Waals surface area contributed by atoms with E-state index in [1.165, 1.54) is 0 Å². The molecule has 0 aliphatic carbocycles. The molecule has 0 bridgehead atoms. The van der Waals surface area contributed by atoms with Crippen LogP contribution in [-0.4, -0.2) is 24.9 Å². The van der Waals surface area contributed by atoms with Crippen molar-refractivity contribution < 1.29 is 9.59 Å². The first kappa shape index (κ1) is 19.4. The van der Waals surface area contributed by atoms with Crippen molar-refractivity contribution in [2.24, 2.45) is 5.73 Å². The number of halogens is 1. The molecule has 21 heavy (non-hydrogen) atoms. The molecule has 0 aliphatic rings. The Bertz CT molecular complexity index is 426. The topological polar surface area (TPSA) is 84.2 Å². The number of carbonyl (C=O) groups excluding carboxylic acids is 2. The van der Waals surface area contributed by atoms with E-state index in [0.717, 1.165) is 12.0 Å². The zero-order valence-electron chi connectivity index (χ0n) is 12.3. The van der Waals surface area contributed by atoms with Crippen LogP contribution in [0.2, 0.25) is 0 Å². The Morgan fingerprint density at radius 3 is 2.24 bits per heavy atom. The number of nitrogens with two attached hydrogens (primary N) is 1. The number of hydrogen-bond donors (Lipinski definition) is 3. The molecule has 1 aromatic rings. The molecular weight excluding hydrogens is 290 g/mol. The minimum atomic E-state index is -0.228. The molecule has 0 spiro atoms. The first-order valence-electron chi connectivity index (χ1n) is 6.97. The monoisotopic (exact) mass is 313 g/mol. The summed E-state index contributed by atoms with van der Waals surface area (Å²) >= 11 is 0. The van der Waals surface area contributed by atoms with Crippen LogP contribution in [0.25, 0.3) is 0 Å². The molecule has 0 aromatic heterocycles. The number of rotatable bonds is 8. The third-order valence-electron chi connectivity index (χ3n) is 2.90. The predicted molar refractivity (Wildman–Crippen MR) is 86.2 cm³/mol. The smallest absolute Gasteiger partial charge is 0.220 e. The van der Waals surface area contributed by atoms with Crippen molar-refractivity contribution in [3.8, 4) is 0 Å². The van der Waals surface area contributed by atoms with Gasteiger partial charge in [-0.3, -0.25) is 9.59 Å². The van der Waals surface area contributed by atoms with Crippen LogP contribution in [0, 0.1) is 0 Å². The van der Waals surface area contributed by atoms with Gasteiger partial charge in [-0.05, 0) is 12.0 Å². The molecule has 118 valence electrons. The molecule has 0 aliphatic heterocycles. The van der Waals surface area contributed by atoms with Gasteiger partial charge in [-0.15, -0.1) is 12.4 Å². The highest BCUT2D eigenvalue weighted by molar-refractivity contribution is 5.85. The second kappa shape index (κ2) is 11.1. The third-order valence-corrected chi connectivity index (χ3v) is 2.90. The normalized spacial score (nSPS) is 11.1. The zero-order chi connectivity index (χ0) is 14.8. The number of carbonyl (C=O) groups is 2. The molecule has 0 saturated heterocycles. The first-order chi connectivity index (χ1) is 9.63. The summed E-state index contributed by atoms with van der Waals surface area (Å²) in [4.78, 5) is 23.0. The molecule has 2 amide bonds. The van der Waals surface area contributed by atoms with Crippen molar-refractivity contribution in [3.05, 3.63) is 35.9 Å². The highest BCUT2D eigenvalue weighted by atomic mass is 35.5. The fourth-order valence-electron chi connectivity index (χ4n) is 1.71. The number of amides is 2. The Balaban J connectivity index is 0.00000400. The van der Waals surface area contributed by atoms with E-state index in [9.17, 15) is 9.59 Å². The highest BCUT2D eigenvalue weighted by Crippen LogP contribution is 2.07. The standard InChI is InChI=1S/C15H23N3O2.ClH/c1-2-10-17-14(19)8-9-15(20)18-11-13(16)12-6-4-3-5-7-12;/h3-7,13H,2,8-11,16H2,1H3,(H,17,19)(H,18,20);1H. The van der Waals surface area contributed by atoms with Gasteiger partial charge in [-0.1, -0.05) is 37.3 Å². The maximum atomic E-state index is 11.6. The van der Waals surface area contributed by atoms with Crippen LogP contribution in [0.15, 0.2) is 30.3 Å². The first-order valence-corrected chi connectivity index (χ1v) is 6.97. The Hall–Kier alpha value is -1.59. The Kier molecular flexibility index (Phi) is 10.3. The van der Waals surface area contributed by atoms with E-state index in [1.54, 1.807) is 0 Å². The molecule has 4 N–H and O–H groups in total.